The zero-order valence-corrected chi connectivity index (χ0v) is 26.8. The standard InChI is InChI=1S/C19H24O5.C17H22O5/c1-15(2)19(22)24-14-6-4-3-5-13-23-17-10-7-16(8-11-17)9-12-18(20)21;1-13(2)17(20)22-12-6-4-3-5-11-21-15-9-7-14(8-10-15)16(18)19/h7-12H,1,3-6,13-14H2,2H3,(H,20,21);7-10H,1,3-6,11-12H2,2H3,(H,18,19)/b12-9+;. The Hall–Kier alpha value is -4.86. The maximum absolute atomic E-state index is 11.2. The van der Waals surface area contributed by atoms with E-state index in [-0.39, 0.29) is 17.5 Å². The Labute approximate surface area is 271 Å². The molecule has 46 heavy (non-hydrogen) atoms. The summed E-state index contributed by atoms with van der Waals surface area (Å²) < 4.78 is 21.2. The number of carboxylic acids is 2. The van der Waals surface area contributed by atoms with Crippen LogP contribution >= 0.6 is 0 Å². The molecule has 0 aliphatic heterocycles. The van der Waals surface area contributed by atoms with Gasteiger partial charge in [0.2, 0.25) is 0 Å². The van der Waals surface area contributed by atoms with E-state index >= 15 is 0 Å². The lowest BCUT2D eigenvalue weighted by Crippen LogP contribution is -2.06. The predicted octanol–water partition coefficient (Wildman–Crippen LogP) is 7.29. The zero-order valence-electron chi connectivity index (χ0n) is 26.8. The first-order valence-corrected chi connectivity index (χ1v) is 15.2. The number of aliphatic carboxylic acids is 1. The molecule has 0 aliphatic carbocycles. The van der Waals surface area contributed by atoms with E-state index in [1.807, 2.05) is 24.3 Å². The van der Waals surface area contributed by atoms with Gasteiger partial charge in [0.15, 0.2) is 0 Å². The van der Waals surface area contributed by atoms with Crippen LogP contribution in [0.5, 0.6) is 11.5 Å². The van der Waals surface area contributed by atoms with Crippen molar-refractivity contribution in [1.82, 2.24) is 0 Å². The van der Waals surface area contributed by atoms with Gasteiger partial charge in [0.05, 0.1) is 32.0 Å². The summed E-state index contributed by atoms with van der Waals surface area (Å²) in [5, 5.41) is 17.3. The molecular weight excluding hydrogens is 592 g/mol. The highest BCUT2D eigenvalue weighted by Gasteiger charge is 2.04. The van der Waals surface area contributed by atoms with Gasteiger partial charge in [-0.05, 0) is 113 Å². The van der Waals surface area contributed by atoms with Gasteiger partial charge in [-0.1, -0.05) is 25.3 Å². The number of rotatable bonds is 21. The number of benzene rings is 2. The normalized spacial score (nSPS) is 10.3. The van der Waals surface area contributed by atoms with Crippen LogP contribution in [0.4, 0.5) is 0 Å². The van der Waals surface area contributed by atoms with Crippen molar-refractivity contribution in [2.45, 2.75) is 65.2 Å². The maximum atomic E-state index is 11.2. The van der Waals surface area contributed by atoms with Crippen molar-refractivity contribution in [3.8, 4) is 11.5 Å². The second-order valence-corrected chi connectivity index (χ2v) is 10.4. The van der Waals surface area contributed by atoms with Crippen LogP contribution in [0.2, 0.25) is 0 Å². The van der Waals surface area contributed by atoms with Crippen molar-refractivity contribution in [3.05, 3.63) is 90.0 Å². The highest BCUT2D eigenvalue weighted by molar-refractivity contribution is 5.88. The number of aromatic carboxylic acids is 1. The Morgan fingerprint density at radius 1 is 0.609 bits per heavy atom. The molecule has 0 heterocycles. The van der Waals surface area contributed by atoms with Crippen LogP contribution in [0.3, 0.4) is 0 Å². The first-order chi connectivity index (χ1) is 22.0. The Balaban J connectivity index is 0.000000462. The molecule has 0 bridgehead atoms. The predicted molar refractivity (Wildman–Crippen MR) is 176 cm³/mol. The largest absolute Gasteiger partial charge is 0.494 e. The van der Waals surface area contributed by atoms with Crippen LogP contribution in [0.25, 0.3) is 6.08 Å². The number of carboxylic acid groups (broad SMARTS) is 2. The molecule has 10 heteroatoms. The molecule has 0 saturated heterocycles. The van der Waals surface area contributed by atoms with Gasteiger partial charge >= 0.3 is 23.9 Å². The van der Waals surface area contributed by atoms with Crippen LogP contribution in [-0.4, -0.2) is 60.5 Å². The van der Waals surface area contributed by atoms with Crippen LogP contribution < -0.4 is 9.47 Å². The lowest BCUT2D eigenvalue weighted by Gasteiger charge is -2.07. The van der Waals surface area contributed by atoms with E-state index < -0.39 is 11.9 Å². The minimum atomic E-state index is -0.968. The highest BCUT2D eigenvalue weighted by atomic mass is 16.5. The molecule has 2 aromatic rings. The summed E-state index contributed by atoms with van der Waals surface area (Å²) in [6, 6.07) is 13.6. The number of ether oxygens (including phenoxy) is 4. The lowest BCUT2D eigenvalue weighted by atomic mass is 10.2. The number of hydrogen-bond donors (Lipinski definition) is 2. The molecule has 0 fully saturated rings. The Bertz CT molecular complexity index is 1280. The van der Waals surface area contributed by atoms with Crippen molar-refractivity contribution >= 4 is 30.0 Å². The summed E-state index contributed by atoms with van der Waals surface area (Å²) in [4.78, 5) is 43.4. The zero-order chi connectivity index (χ0) is 34.2. The Morgan fingerprint density at radius 2 is 1.00 bits per heavy atom. The highest BCUT2D eigenvalue weighted by Crippen LogP contribution is 2.15. The van der Waals surface area contributed by atoms with Gasteiger partial charge in [-0.25, -0.2) is 19.2 Å². The molecule has 0 unspecified atom stereocenters. The third-order valence-electron chi connectivity index (χ3n) is 6.18. The van der Waals surface area contributed by atoms with E-state index in [1.165, 1.54) is 18.2 Å². The van der Waals surface area contributed by atoms with Gasteiger partial charge in [-0.3, -0.25) is 0 Å². The molecular formula is C36H46O10. The molecule has 0 spiro atoms. The number of carbonyl (C=O) groups is 4. The lowest BCUT2D eigenvalue weighted by molar-refractivity contribution is -0.139. The Morgan fingerprint density at radius 3 is 1.37 bits per heavy atom. The molecule has 0 aliphatic rings. The van der Waals surface area contributed by atoms with Gasteiger partial charge < -0.3 is 29.2 Å². The average Bonchev–Trinajstić information content (AvgIpc) is 3.03. The van der Waals surface area contributed by atoms with Crippen molar-refractivity contribution in [1.29, 1.82) is 0 Å². The fourth-order valence-corrected chi connectivity index (χ4v) is 3.61. The Kier molecular flexibility index (Phi) is 20.0. The van der Waals surface area contributed by atoms with Crippen molar-refractivity contribution in [3.63, 3.8) is 0 Å². The molecule has 2 N–H and O–H groups in total. The summed E-state index contributed by atoms with van der Waals surface area (Å²) in [7, 11) is 0. The van der Waals surface area contributed by atoms with E-state index in [2.05, 4.69) is 13.2 Å². The number of unbranched alkanes of at least 4 members (excludes halogenated alkanes) is 6. The number of carbonyl (C=O) groups excluding carboxylic acids is 2. The third kappa shape index (κ3) is 19.4. The summed E-state index contributed by atoms with van der Waals surface area (Å²) >= 11 is 0. The van der Waals surface area contributed by atoms with Gasteiger partial charge in [-0.2, -0.15) is 0 Å². The first kappa shape index (κ1) is 39.2. The molecule has 0 amide bonds. The van der Waals surface area contributed by atoms with Gasteiger partial charge in [0.1, 0.15) is 11.5 Å². The summed E-state index contributed by atoms with van der Waals surface area (Å²) in [6.45, 7) is 12.4. The van der Waals surface area contributed by atoms with E-state index in [4.69, 9.17) is 29.2 Å². The molecule has 0 atom stereocenters. The van der Waals surface area contributed by atoms with Gasteiger partial charge in [0.25, 0.3) is 0 Å². The average molecular weight is 639 g/mol. The summed E-state index contributed by atoms with van der Waals surface area (Å²) in [5.41, 5.74) is 1.90. The molecule has 2 rings (SSSR count). The maximum Gasteiger partial charge on any atom is 0.335 e. The molecule has 2 aromatic carbocycles. The second-order valence-electron chi connectivity index (χ2n) is 10.4. The summed E-state index contributed by atoms with van der Waals surface area (Å²) in [6.07, 6.45) is 10.1. The van der Waals surface area contributed by atoms with E-state index in [1.54, 1.807) is 26.0 Å². The quantitative estimate of drug-likeness (QED) is 0.0812. The number of hydrogen-bond acceptors (Lipinski definition) is 8. The topological polar surface area (TPSA) is 146 Å². The van der Waals surface area contributed by atoms with E-state index in [0.29, 0.717) is 43.3 Å². The SMILES string of the molecule is C=C(C)C(=O)OCCCCCCOc1ccc(/C=C/C(=O)O)cc1.C=C(C)C(=O)OCCCCCCOc1ccc(C(=O)O)cc1. The molecule has 0 saturated carbocycles. The molecule has 0 radical (unpaired) electrons. The van der Waals surface area contributed by atoms with Crippen LogP contribution in [0.1, 0.15) is 81.1 Å². The van der Waals surface area contributed by atoms with Crippen molar-refractivity contribution in [2.24, 2.45) is 0 Å². The number of esters is 2. The van der Waals surface area contributed by atoms with Gasteiger partial charge in [0, 0.05) is 17.2 Å². The van der Waals surface area contributed by atoms with Crippen molar-refractivity contribution in [2.75, 3.05) is 26.4 Å². The minimum Gasteiger partial charge on any atom is -0.494 e. The first-order valence-electron chi connectivity index (χ1n) is 15.2. The second kappa shape index (κ2) is 23.5. The molecule has 250 valence electrons. The van der Waals surface area contributed by atoms with E-state index in [0.717, 1.165) is 68.8 Å². The molecule has 10 nitrogen and oxygen atoms in total. The van der Waals surface area contributed by atoms with Crippen LogP contribution in [0, 0.1) is 0 Å². The van der Waals surface area contributed by atoms with Gasteiger partial charge in [-0.15, -0.1) is 0 Å². The third-order valence-corrected chi connectivity index (χ3v) is 6.18. The smallest absolute Gasteiger partial charge is 0.335 e. The molecule has 0 aromatic heterocycles. The van der Waals surface area contributed by atoms with E-state index in [9.17, 15) is 19.2 Å². The fourth-order valence-electron chi connectivity index (χ4n) is 3.61. The van der Waals surface area contributed by atoms with Crippen molar-refractivity contribution < 1.29 is 48.3 Å². The summed E-state index contributed by atoms with van der Waals surface area (Å²) in [5.74, 6) is -1.16. The fraction of sp³-hybridized carbons (Fsp3) is 0.389. The van der Waals surface area contributed by atoms with Crippen LogP contribution in [-0.2, 0) is 23.9 Å². The monoisotopic (exact) mass is 638 g/mol. The minimum absolute atomic E-state index is 0.247. The van der Waals surface area contributed by atoms with Crippen LogP contribution in [0.15, 0.2) is 78.9 Å².